The topological polar surface area (TPSA) is 63.3 Å². The van der Waals surface area contributed by atoms with Gasteiger partial charge in [0.2, 0.25) is 0 Å². The molecular formula is C16H26ClNO2. The molecule has 0 aromatic heterocycles. The number of carbonyl (C=O) groups excluding carboxylic acids is 1. The number of aromatic hydroxyl groups is 1. The van der Waals surface area contributed by atoms with Crippen molar-refractivity contribution >= 4 is 18.2 Å². The highest BCUT2D eigenvalue weighted by atomic mass is 35.5. The molecule has 0 saturated heterocycles. The van der Waals surface area contributed by atoms with Gasteiger partial charge in [0.05, 0.1) is 5.56 Å². The molecule has 1 aromatic carbocycles. The van der Waals surface area contributed by atoms with Crippen LogP contribution in [-0.4, -0.2) is 10.9 Å². The Balaban J connectivity index is 0.00000361. The summed E-state index contributed by atoms with van der Waals surface area (Å²) in [7, 11) is 0. The van der Waals surface area contributed by atoms with Crippen molar-refractivity contribution in [1.29, 1.82) is 0 Å². The maximum Gasteiger partial charge on any atom is 0.166 e. The van der Waals surface area contributed by atoms with Gasteiger partial charge in [-0.1, -0.05) is 40.2 Å². The molecule has 0 unspecified atom stereocenters. The second kappa shape index (κ2) is 7.65. The van der Waals surface area contributed by atoms with Crippen LogP contribution in [0.5, 0.6) is 5.75 Å². The second-order valence-corrected chi connectivity index (χ2v) is 6.01. The maximum absolute atomic E-state index is 12.2. The summed E-state index contributed by atoms with van der Waals surface area (Å²) in [6.45, 7) is 8.54. The van der Waals surface area contributed by atoms with Crippen LogP contribution in [0.2, 0.25) is 0 Å². The van der Waals surface area contributed by atoms with Gasteiger partial charge in [-0.3, -0.25) is 4.79 Å². The first kappa shape index (κ1) is 18.9. The number of benzene rings is 1. The van der Waals surface area contributed by atoms with Gasteiger partial charge in [-0.2, -0.15) is 0 Å². The summed E-state index contributed by atoms with van der Waals surface area (Å²) in [5.74, 6) is 0.0525. The zero-order valence-corrected chi connectivity index (χ0v) is 13.6. The Morgan fingerprint density at radius 3 is 2.35 bits per heavy atom. The molecular weight excluding hydrogens is 274 g/mol. The van der Waals surface area contributed by atoms with Gasteiger partial charge in [-0.15, -0.1) is 12.4 Å². The van der Waals surface area contributed by atoms with Crippen LogP contribution in [-0.2, 0) is 12.0 Å². The van der Waals surface area contributed by atoms with Crippen LogP contribution in [0.4, 0.5) is 0 Å². The van der Waals surface area contributed by atoms with Crippen LogP contribution in [0, 0.1) is 0 Å². The standard InChI is InChI=1S/C16H25NO2.ClH/c1-5-6-7-14(18)13-9-12(16(2,3)4)8-11(10-17)15(13)19;/h8-9,19H,5-7,10,17H2,1-4H3;1H. The Morgan fingerprint density at radius 1 is 1.30 bits per heavy atom. The largest absolute Gasteiger partial charge is 0.507 e. The fourth-order valence-electron chi connectivity index (χ4n) is 1.97. The number of phenols is 1. The van der Waals surface area contributed by atoms with Gasteiger partial charge >= 0.3 is 0 Å². The van der Waals surface area contributed by atoms with Gasteiger partial charge in [0.1, 0.15) is 5.75 Å². The molecule has 1 aromatic rings. The fourth-order valence-corrected chi connectivity index (χ4v) is 1.97. The molecule has 0 atom stereocenters. The number of ketones is 1. The Kier molecular flexibility index (Phi) is 7.25. The zero-order valence-electron chi connectivity index (χ0n) is 12.8. The van der Waals surface area contributed by atoms with Gasteiger partial charge in [-0.25, -0.2) is 0 Å². The second-order valence-electron chi connectivity index (χ2n) is 6.01. The zero-order chi connectivity index (χ0) is 14.6. The van der Waals surface area contributed by atoms with Crippen molar-refractivity contribution in [3.05, 3.63) is 28.8 Å². The van der Waals surface area contributed by atoms with Crippen LogP contribution < -0.4 is 5.73 Å². The molecule has 0 saturated carbocycles. The van der Waals surface area contributed by atoms with Gasteiger partial charge in [0, 0.05) is 18.5 Å². The first-order valence-electron chi connectivity index (χ1n) is 6.90. The van der Waals surface area contributed by atoms with Crippen molar-refractivity contribution in [2.24, 2.45) is 5.73 Å². The Hall–Kier alpha value is -1.06. The molecule has 0 aliphatic rings. The van der Waals surface area contributed by atoms with Crippen LogP contribution >= 0.6 is 12.4 Å². The summed E-state index contributed by atoms with van der Waals surface area (Å²) in [6, 6.07) is 3.71. The molecule has 3 nitrogen and oxygen atoms in total. The summed E-state index contributed by atoms with van der Waals surface area (Å²) in [6.07, 6.45) is 2.28. The van der Waals surface area contributed by atoms with Gasteiger partial charge in [-0.05, 0) is 23.5 Å². The maximum atomic E-state index is 12.2. The summed E-state index contributed by atoms with van der Waals surface area (Å²) >= 11 is 0. The average molecular weight is 300 g/mol. The number of carbonyl (C=O) groups is 1. The fraction of sp³-hybridized carbons (Fsp3) is 0.562. The third-order valence-electron chi connectivity index (χ3n) is 3.33. The lowest BCUT2D eigenvalue weighted by atomic mass is 9.84. The molecule has 0 aliphatic carbocycles. The molecule has 1 rings (SSSR count). The molecule has 20 heavy (non-hydrogen) atoms. The predicted octanol–water partition coefficient (Wildman–Crippen LogP) is 3.94. The van der Waals surface area contributed by atoms with E-state index in [1.165, 1.54) is 0 Å². The van der Waals surface area contributed by atoms with E-state index in [9.17, 15) is 9.90 Å². The van der Waals surface area contributed by atoms with E-state index in [1.54, 1.807) is 0 Å². The van der Waals surface area contributed by atoms with E-state index >= 15 is 0 Å². The smallest absolute Gasteiger partial charge is 0.166 e. The molecule has 0 bridgehead atoms. The summed E-state index contributed by atoms with van der Waals surface area (Å²) < 4.78 is 0. The summed E-state index contributed by atoms with van der Waals surface area (Å²) in [5, 5.41) is 10.1. The first-order valence-corrected chi connectivity index (χ1v) is 6.90. The molecule has 0 amide bonds. The van der Waals surface area contributed by atoms with E-state index in [0.717, 1.165) is 18.4 Å². The lowest BCUT2D eigenvalue weighted by molar-refractivity contribution is 0.0977. The number of unbranched alkanes of at least 4 members (excludes halogenated alkanes) is 1. The van der Waals surface area contributed by atoms with Crippen molar-refractivity contribution in [2.75, 3.05) is 0 Å². The minimum atomic E-state index is -0.0720. The highest BCUT2D eigenvalue weighted by molar-refractivity contribution is 5.99. The van der Waals surface area contributed by atoms with Crippen LogP contribution in [0.3, 0.4) is 0 Å². The Bertz CT molecular complexity index is 464. The lowest BCUT2D eigenvalue weighted by Gasteiger charge is -2.22. The van der Waals surface area contributed by atoms with E-state index in [-0.39, 0.29) is 35.9 Å². The van der Waals surface area contributed by atoms with Gasteiger partial charge in [0.25, 0.3) is 0 Å². The number of rotatable bonds is 5. The van der Waals surface area contributed by atoms with Crippen LogP contribution in [0.1, 0.15) is 68.4 Å². The van der Waals surface area contributed by atoms with E-state index in [1.807, 2.05) is 19.1 Å². The first-order chi connectivity index (χ1) is 8.81. The monoisotopic (exact) mass is 299 g/mol. The average Bonchev–Trinajstić information content (AvgIpc) is 2.34. The van der Waals surface area contributed by atoms with Crippen LogP contribution in [0.15, 0.2) is 12.1 Å². The highest BCUT2D eigenvalue weighted by Crippen LogP contribution is 2.31. The molecule has 3 N–H and O–H groups in total. The number of phenolic OH excluding ortho intramolecular Hbond substituents is 1. The molecule has 0 aliphatic heterocycles. The third kappa shape index (κ3) is 4.50. The number of hydrogen-bond acceptors (Lipinski definition) is 3. The summed E-state index contributed by atoms with van der Waals surface area (Å²) in [4.78, 5) is 12.2. The van der Waals surface area contributed by atoms with E-state index < -0.39 is 0 Å². The van der Waals surface area contributed by atoms with Crippen molar-refractivity contribution in [3.8, 4) is 5.75 Å². The molecule has 0 spiro atoms. The molecule has 4 heteroatoms. The molecule has 0 fully saturated rings. The summed E-state index contributed by atoms with van der Waals surface area (Å²) in [5.41, 5.74) is 7.69. The van der Waals surface area contributed by atoms with E-state index in [4.69, 9.17) is 5.73 Å². The normalized spacial score (nSPS) is 11.1. The highest BCUT2D eigenvalue weighted by Gasteiger charge is 2.21. The number of Topliss-reactive ketones (excluding diaryl/α,β-unsaturated/α-hetero) is 1. The number of nitrogens with two attached hydrogens (primary N) is 1. The molecule has 0 radical (unpaired) electrons. The molecule has 114 valence electrons. The molecule has 0 heterocycles. The van der Waals surface area contributed by atoms with Crippen molar-refractivity contribution in [1.82, 2.24) is 0 Å². The minimum Gasteiger partial charge on any atom is -0.507 e. The van der Waals surface area contributed by atoms with Gasteiger partial charge < -0.3 is 10.8 Å². The minimum absolute atomic E-state index is 0. The van der Waals surface area contributed by atoms with Gasteiger partial charge in [0.15, 0.2) is 5.78 Å². The number of hydrogen-bond donors (Lipinski definition) is 2. The Morgan fingerprint density at radius 2 is 1.90 bits per heavy atom. The van der Waals surface area contributed by atoms with Crippen LogP contribution in [0.25, 0.3) is 0 Å². The predicted molar refractivity (Wildman–Crippen MR) is 85.8 cm³/mol. The Labute approximate surface area is 128 Å². The SMILES string of the molecule is CCCCC(=O)c1cc(C(C)(C)C)cc(CN)c1O.Cl. The van der Waals surface area contributed by atoms with Crippen molar-refractivity contribution < 1.29 is 9.90 Å². The quantitative estimate of drug-likeness (QED) is 0.809. The van der Waals surface area contributed by atoms with Crippen molar-refractivity contribution in [3.63, 3.8) is 0 Å². The number of halogens is 1. The van der Waals surface area contributed by atoms with E-state index in [0.29, 0.717) is 17.5 Å². The van der Waals surface area contributed by atoms with Crippen molar-refractivity contribution in [2.45, 2.75) is 58.9 Å². The van der Waals surface area contributed by atoms with E-state index in [2.05, 4.69) is 20.8 Å². The lowest BCUT2D eigenvalue weighted by Crippen LogP contribution is -2.14. The third-order valence-corrected chi connectivity index (χ3v) is 3.33.